The molecule has 0 unspecified atom stereocenters. The average Bonchev–Trinajstić information content (AvgIpc) is 1.80. The van der Waals surface area contributed by atoms with Gasteiger partial charge in [-0.05, 0) is 6.42 Å². The minimum absolute atomic E-state index is 1.24. The quantitative estimate of drug-likeness (QED) is 0.644. The molecule has 0 amide bonds. The van der Waals surface area contributed by atoms with Crippen molar-refractivity contribution in [1.29, 1.82) is 0 Å². The van der Waals surface area contributed by atoms with Gasteiger partial charge in [-0.3, -0.25) is 0 Å². The Hall–Kier alpha value is -0.560. The number of alkyl halides is 8. The van der Waals surface area contributed by atoms with Crippen molar-refractivity contribution >= 4 is 0 Å². The van der Waals surface area contributed by atoms with Crippen LogP contribution in [0, 0.1) is 0 Å². The molecule has 0 spiro atoms. The van der Waals surface area contributed by atoms with E-state index in [1.165, 1.54) is 0 Å². The summed E-state index contributed by atoms with van der Waals surface area (Å²) in [5.74, 6) is -5.04. The molecular formula is C6H6F8. The van der Waals surface area contributed by atoms with Crippen LogP contribution >= 0.6 is 0 Å². The second-order valence-electron chi connectivity index (χ2n) is 2.67. The van der Waals surface area contributed by atoms with Crippen LogP contribution in [0.1, 0.15) is 19.3 Å². The maximum atomic E-state index is 12.0. The molecule has 0 fully saturated rings. The predicted octanol–water partition coefficient (Wildman–Crippen LogP) is 3.92. The van der Waals surface area contributed by atoms with Crippen molar-refractivity contribution in [3.05, 3.63) is 0 Å². The lowest BCUT2D eigenvalue weighted by Crippen LogP contribution is -2.36. The summed E-state index contributed by atoms with van der Waals surface area (Å²) in [6.07, 6.45) is -15.2. The Balaban J connectivity index is 4.02. The number of rotatable bonds is 3. The van der Waals surface area contributed by atoms with Gasteiger partial charge in [-0.15, -0.1) is 0 Å². The highest BCUT2D eigenvalue weighted by Crippen LogP contribution is 2.39. The van der Waals surface area contributed by atoms with Crippen LogP contribution in [-0.2, 0) is 0 Å². The fraction of sp³-hybridized carbons (Fsp3) is 1.00. The van der Waals surface area contributed by atoms with Gasteiger partial charge in [0, 0.05) is 12.8 Å². The van der Waals surface area contributed by atoms with E-state index in [-0.39, 0.29) is 0 Å². The Kier molecular flexibility index (Phi) is 3.74. The summed E-state index contributed by atoms with van der Waals surface area (Å²) >= 11 is 0. The smallest absolute Gasteiger partial charge is 0.196 e. The molecule has 0 aliphatic carbocycles. The van der Waals surface area contributed by atoms with E-state index in [1.807, 2.05) is 0 Å². The van der Waals surface area contributed by atoms with E-state index >= 15 is 0 Å². The molecule has 0 atom stereocenters. The lowest BCUT2D eigenvalue weighted by molar-refractivity contribution is -0.285. The number of hydrogen-bond acceptors (Lipinski definition) is 0. The standard InChI is InChI=1S/C6H6F8/c7-4(8,6(12,13)14)2-1-3-5(9,10)11/h1-3H2. The maximum Gasteiger partial charge on any atom is 0.453 e. The van der Waals surface area contributed by atoms with Crippen molar-refractivity contribution < 1.29 is 35.1 Å². The molecule has 14 heavy (non-hydrogen) atoms. The molecule has 0 aromatic heterocycles. The summed E-state index contributed by atoms with van der Waals surface area (Å²) in [5, 5.41) is 0. The van der Waals surface area contributed by atoms with Gasteiger partial charge in [0.15, 0.2) is 0 Å². The van der Waals surface area contributed by atoms with Crippen LogP contribution in [0.15, 0.2) is 0 Å². The molecule has 0 radical (unpaired) electrons. The topological polar surface area (TPSA) is 0 Å². The van der Waals surface area contributed by atoms with Crippen molar-refractivity contribution in [2.75, 3.05) is 0 Å². The largest absolute Gasteiger partial charge is 0.453 e. The normalized spacial score (nSPS) is 14.6. The van der Waals surface area contributed by atoms with E-state index in [0.717, 1.165) is 0 Å². The van der Waals surface area contributed by atoms with E-state index in [9.17, 15) is 35.1 Å². The lowest BCUT2D eigenvalue weighted by atomic mass is 10.1. The van der Waals surface area contributed by atoms with Gasteiger partial charge in [-0.25, -0.2) is 0 Å². The summed E-state index contributed by atoms with van der Waals surface area (Å²) in [7, 11) is 0. The summed E-state index contributed by atoms with van der Waals surface area (Å²) < 4.78 is 92.5. The highest BCUT2D eigenvalue weighted by molar-refractivity contribution is 4.75. The van der Waals surface area contributed by atoms with Crippen LogP contribution < -0.4 is 0 Å². The van der Waals surface area contributed by atoms with Crippen LogP contribution in [0.4, 0.5) is 35.1 Å². The number of halogens is 8. The van der Waals surface area contributed by atoms with Crippen LogP contribution in [0.2, 0.25) is 0 Å². The highest BCUT2D eigenvalue weighted by atomic mass is 19.4. The third-order valence-electron chi connectivity index (χ3n) is 1.37. The van der Waals surface area contributed by atoms with E-state index < -0.39 is 37.5 Å². The van der Waals surface area contributed by atoms with E-state index in [1.54, 1.807) is 0 Å². The Labute approximate surface area is 73.9 Å². The Morgan fingerprint density at radius 3 is 1.36 bits per heavy atom. The van der Waals surface area contributed by atoms with Crippen molar-refractivity contribution in [2.24, 2.45) is 0 Å². The van der Waals surface area contributed by atoms with Gasteiger partial charge < -0.3 is 0 Å². The molecule has 8 heteroatoms. The summed E-state index contributed by atoms with van der Waals surface area (Å²) in [4.78, 5) is 0. The monoisotopic (exact) mass is 230 g/mol. The molecule has 86 valence electrons. The van der Waals surface area contributed by atoms with Crippen LogP contribution in [0.25, 0.3) is 0 Å². The molecule has 0 aromatic carbocycles. The minimum Gasteiger partial charge on any atom is -0.196 e. The highest BCUT2D eigenvalue weighted by Gasteiger charge is 2.56. The van der Waals surface area contributed by atoms with Gasteiger partial charge in [-0.1, -0.05) is 0 Å². The molecule has 0 nitrogen and oxygen atoms in total. The second kappa shape index (κ2) is 3.90. The molecule has 0 heterocycles. The molecule has 0 aromatic rings. The van der Waals surface area contributed by atoms with E-state index in [0.29, 0.717) is 0 Å². The van der Waals surface area contributed by atoms with Gasteiger partial charge in [-0.2, -0.15) is 35.1 Å². The van der Waals surface area contributed by atoms with Crippen molar-refractivity contribution in [2.45, 2.75) is 37.5 Å². The first kappa shape index (κ1) is 13.4. The fourth-order valence-corrected chi connectivity index (χ4v) is 0.653. The zero-order valence-corrected chi connectivity index (χ0v) is 6.65. The predicted molar refractivity (Wildman–Crippen MR) is 30.9 cm³/mol. The molecule has 0 saturated carbocycles. The van der Waals surface area contributed by atoms with Crippen LogP contribution in [-0.4, -0.2) is 18.3 Å². The second-order valence-corrected chi connectivity index (χ2v) is 2.67. The van der Waals surface area contributed by atoms with Crippen molar-refractivity contribution in [3.8, 4) is 0 Å². The minimum atomic E-state index is -5.78. The van der Waals surface area contributed by atoms with Crippen molar-refractivity contribution in [3.63, 3.8) is 0 Å². The Morgan fingerprint density at radius 2 is 1.07 bits per heavy atom. The van der Waals surface area contributed by atoms with E-state index in [4.69, 9.17) is 0 Å². The first-order chi connectivity index (χ1) is 5.96. The zero-order valence-electron chi connectivity index (χ0n) is 6.65. The third-order valence-corrected chi connectivity index (χ3v) is 1.37. The van der Waals surface area contributed by atoms with Gasteiger partial charge in [0.1, 0.15) is 0 Å². The average molecular weight is 230 g/mol. The van der Waals surface area contributed by atoms with Crippen LogP contribution in [0.3, 0.4) is 0 Å². The molecular weight excluding hydrogens is 224 g/mol. The zero-order chi connectivity index (χ0) is 11.6. The third kappa shape index (κ3) is 4.61. The SMILES string of the molecule is FC(F)(F)CCCC(F)(F)C(F)(F)F. The molecule has 0 bridgehead atoms. The van der Waals surface area contributed by atoms with Crippen molar-refractivity contribution in [1.82, 2.24) is 0 Å². The summed E-state index contributed by atoms with van der Waals surface area (Å²) in [6, 6.07) is 0. The van der Waals surface area contributed by atoms with Gasteiger partial charge in [0.05, 0.1) is 0 Å². The lowest BCUT2D eigenvalue weighted by Gasteiger charge is -2.19. The first-order valence-corrected chi connectivity index (χ1v) is 3.47. The molecule has 0 aliphatic heterocycles. The Morgan fingerprint density at radius 1 is 0.643 bits per heavy atom. The fourth-order valence-electron chi connectivity index (χ4n) is 0.653. The van der Waals surface area contributed by atoms with Gasteiger partial charge in [0.25, 0.3) is 0 Å². The molecule has 0 saturated heterocycles. The number of hydrogen-bond donors (Lipinski definition) is 0. The van der Waals surface area contributed by atoms with Gasteiger partial charge >= 0.3 is 18.3 Å². The summed E-state index contributed by atoms with van der Waals surface area (Å²) in [6.45, 7) is 0. The van der Waals surface area contributed by atoms with Gasteiger partial charge in [0.2, 0.25) is 0 Å². The van der Waals surface area contributed by atoms with Crippen LogP contribution in [0.5, 0.6) is 0 Å². The maximum absolute atomic E-state index is 12.0. The molecule has 0 aliphatic rings. The van der Waals surface area contributed by atoms with E-state index in [2.05, 4.69) is 0 Å². The first-order valence-electron chi connectivity index (χ1n) is 3.47. The molecule has 0 N–H and O–H groups in total. The summed E-state index contributed by atoms with van der Waals surface area (Å²) in [5.41, 5.74) is 0. The molecule has 0 rings (SSSR count). The Bertz CT molecular complexity index is 175.